The first kappa shape index (κ1) is 15.4. The van der Waals surface area contributed by atoms with Gasteiger partial charge in [0.2, 0.25) is 0 Å². The van der Waals surface area contributed by atoms with Crippen LogP contribution in [0.25, 0.3) is 0 Å². The van der Waals surface area contributed by atoms with Crippen molar-refractivity contribution in [2.75, 3.05) is 30.3 Å². The van der Waals surface area contributed by atoms with Crippen LogP contribution in [0, 0.1) is 11.3 Å². The van der Waals surface area contributed by atoms with Crippen molar-refractivity contribution in [2.45, 2.75) is 32.9 Å². The third-order valence-corrected chi connectivity index (χ3v) is 6.05. The van der Waals surface area contributed by atoms with E-state index in [1.807, 2.05) is 0 Å². The maximum absolute atomic E-state index is 9.30. The number of hydrogen-bond acceptors (Lipinski definition) is 7. The number of hydrogen-bond donors (Lipinski definition) is 1. The summed E-state index contributed by atoms with van der Waals surface area (Å²) in [6.45, 7) is 6.87. The van der Waals surface area contributed by atoms with Gasteiger partial charge in [-0.05, 0) is 18.5 Å². The van der Waals surface area contributed by atoms with Gasteiger partial charge in [0.25, 0.3) is 0 Å². The van der Waals surface area contributed by atoms with Gasteiger partial charge in [0.05, 0.1) is 17.8 Å². The molecule has 0 saturated carbocycles. The van der Waals surface area contributed by atoms with Crippen LogP contribution in [0.5, 0.6) is 0 Å². The molecule has 6 nitrogen and oxygen atoms in total. The molecule has 0 unspecified atom stereocenters. The molecule has 0 radical (unpaired) electrons. The quantitative estimate of drug-likeness (QED) is 0.899. The van der Waals surface area contributed by atoms with Crippen LogP contribution in [-0.4, -0.2) is 34.5 Å². The lowest BCUT2D eigenvalue weighted by Gasteiger charge is -2.33. The second kappa shape index (κ2) is 6.04. The Morgan fingerprint density at radius 2 is 2.12 bits per heavy atom. The Bertz CT molecular complexity index is 821. The van der Waals surface area contributed by atoms with Crippen LogP contribution >= 0.6 is 11.3 Å². The molecule has 4 heterocycles. The third-order valence-electron chi connectivity index (χ3n) is 5.00. The Balaban J connectivity index is 1.68. The van der Waals surface area contributed by atoms with Crippen molar-refractivity contribution in [3.05, 3.63) is 33.6 Å². The number of nitrogens with two attached hydrogens (primary N) is 1. The molecule has 2 aromatic rings. The molecule has 124 valence electrons. The predicted octanol–water partition coefficient (Wildman–Crippen LogP) is 1.93. The summed E-state index contributed by atoms with van der Waals surface area (Å²) in [7, 11) is 0. The number of rotatable bonds is 2. The molecule has 0 aliphatic carbocycles. The molecule has 4 rings (SSSR count). The zero-order chi connectivity index (χ0) is 16.7. The number of likely N-dealkylation sites (N-methyl/N-ethyl adjacent to an activating group) is 1. The van der Waals surface area contributed by atoms with Crippen molar-refractivity contribution in [3.8, 4) is 6.07 Å². The topological polar surface area (TPSA) is 82.1 Å². The molecule has 0 atom stereocenters. The SMILES string of the molecule is CCN1CCc2ncnc(N3CCc4c(sc(N)c4C#N)C3)c2C1. The Morgan fingerprint density at radius 3 is 2.92 bits per heavy atom. The number of aromatic nitrogens is 2. The van der Waals surface area contributed by atoms with Gasteiger partial charge in [-0.2, -0.15) is 5.26 Å². The van der Waals surface area contributed by atoms with E-state index in [9.17, 15) is 5.26 Å². The first-order valence-corrected chi connectivity index (χ1v) is 9.13. The normalized spacial score (nSPS) is 17.2. The number of thiophene rings is 1. The standard InChI is InChI=1S/C17H20N6S/c1-2-22-5-4-14-13(8-22)17(21-10-20-14)23-6-3-11-12(7-18)16(19)24-15(11)9-23/h10H,2-6,8-9,19H2,1H3. The molecular weight excluding hydrogens is 320 g/mol. The molecule has 7 heteroatoms. The fourth-order valence-electron chi connectivity index (χ4n) is 3.65. The van der Waals surface area contributed by atoms with E-state index in [0.717, 1.165) is 56.9 Å². The lowest BCUT2D eigenvalue weighted by atomic mass is 10.0. The van der Waals surface area contributed by atoms with Gasteiger partial charge in [-0.25, -0.2) is 9.97 Å². The third kappa shape index (κ3) is 2.43. The van der Waals surface area contributed by atoms with Crippen molar-refractivity contribution in [2.24, 2.45) is 0 Å². The summed E-state index contributed by atoms with van der Waals surface area (Å²) < 4.78 is 0. The van der Waals surface area contributed by atoms with E-state index in [1.54, 1.807) is 17.7 Å². The van der Waals surface area contributed by atoms with E-state index in [-0.39, 0.29) is 0 Å². The van der Waals surface area contributed by atoms with E-state index in [2.05, 4.69) is 32.8 Å². The number of nitriles is 1. The van der Waals surface area contributed by atoms with Crippen molar-refractivity contribution < 1.29 is 0 Å². The van der Waals surface area contributed by atoms with Gasteiger partial charge in [0.15, 0.2) is 0 Å². The Hall–Kier alpha value is -2.17. The Labute approximate surface area is 145 Å². The van der Waals surface area contributed by atoms with E-state index in [1.165, 1.54) is 16.1 Å². The molecule has 0 fully saturated rings. The van der Waals surface area contributed by atoms with Crippen molar-refractivity contribution in [3.63, 3.8) is 0 Å². The fourth-order valence-corrected chi connectivity index (χ4v) is 4.74. The van der Waals surface area contributed by atoms with Crippen molar-refractivity contribution in [1.29, 1.82) is 5.26 Å². The van der Waals surface area contributed by atoms with E-state index < -0.39 is 0 Å². The highest BCUT2D eigenvalue weighted by Gasteiger charge is 2.28. The van der Waals surface area contributed by atoms with E-state index >= 15 is 0 Å². The highest BCUT2D eigenvalue weighted by atomic mass is 32.1. The average Bonchev–Trinajstić information content (AvgIpc) is 2.94. The number of nitrogen functional groups attached to an aromatic ring is 1. The summed E-state index contributed by atoms with van der Waals surface area (Å²) in [5, 5.41) is 9.94. The molecule has 0 spiro atoms. The summed E-state index contributed by atoms with van der Waals surface area (Å²) in [6, 6.07) is 2.26. The van der Waals surface area contributed by atoms with Crippen LogP contribution in [-0.2, 0) is 25.9 Å². The largest absolute Gasteiger partial charge is 0.389 e. The highest BCUT2D eigenvalue weighted by molar-refractivity contribution is 7.16. The minimum absolute atomic E-state index is 0.645. The second-order valence-corrected chi connectivity index (χ2v) is 7.40. The fraction of sp³-hybridized carbons (Fsp3) is 0.471. The first-order chi connectivity index (χ1) is 11.7. The van der Waals surface area contributed by atoms with Crippen LogP contribution < -0.4 is 10.6 Å². The van der Waals surface area contributed by atoms with E-state index in [0.29, 0.717) is 10.6 Å². The van der Waals surface area contributed by atoms with Gasteiger partial charge in [-0.15, -0.1) is 11.3 Å². The van der Waals surface area contributed by atoms with Crippen LogP contribution in [0.4, 0.5) is 10.8 Å². The smallest absolute Gasteiger partial charge is 0.137 e. The zero-order valence-corrected chi connectivity index (χ0v) is 14.6. The summed E-state index contributed by atoms with van der Waals surface area (Å²) in [5.74, 6) is 1.05. The van der Waals surface area contributed by atoms with Gasteiger partial charge in [-0.1, -0.05) is 6.92 Å². The highest BCUT2D eigenvalue weighted by Crippen LogP contribution is 2.37. The maximum Gasteiger partial charge on any atom is 0.137 e. The summed E-state index contributed by atoms with van der Waals surface area (Å²) in [4.78, 5) is 15.0. The van der Waals surface area contributed by atoms with Crippen LogP contribution in [0.15, 0.2) is 6.33 Å². The predicted molar refractivity (Wildman–Crippen MR) is 94.9 cm³/mol. The van der Waals surface area contributed by atoms with Gasteiger partial charge in [-0.3, -0.25) is 4.90 Å². The summed E-state index contributed by atoms with van der Waals surface area (Å²) in [5.41, 5.74) is 10.3. The number of nitrogens with zero attached hydrogens (tertiary/aromatic N) is 5. The Kier molecular flexibility index (Phi) is 3.87. The minimum Gasteiger partial charge on any atom is -0.389 e. The molecule has 2 aliphatic rings. The molecule has 2 N–H and O–H groups in total. The molecule has 0 aromatic carbocycles. The molecule has 24 heavy (non-hydrogen) atoms. The van der Waals surface area contributed by atoms with Crippen LogP contribution in [0.3, 0.4) is 0 Å². The first-order valence-electron chi connectivity index (χ1n) is 8.31. The Morgan fingerprint density at radius 1 is 1.25 bits per heavy atom. The molecule has 0 amide bonds. The molecule has 0 bridgehead atoms. The van der Waals surface area contributed by atoms with Crippen molar-refractivity contribution >= 4 is 22.2 Å². The van der Waals surface area contributed by atoms with Gasteiger partial charge in [0.1, 0.15) is 23.2 Å². The average molecular weight is 340 g/mol. The lowest BCUT2D eigenvalue weighted by molar-refractivity contribution is 0.265. The molecular formula is C17H20N6S. The van der Waals surface area contributed by atoms with Crippen molar-refractivity contribution in [1.82, 2.24) is 14.9 Å². The number of fused-ring (bicyclic) bond motifs is 2. The van der Waals surface area contributed by atoms with Crippen LogP contribution in [0.2, 0.25) is 0 Å². The molecule has 2 aliphatic heterocycles. The maximum atomic E-state index is 9.30. The second-order valence-electron chi connectivity index (χ2n) is 6.27. The summed E-state index contributed by atoms with van der Waals surface area (Å²) >= 11 is 1.54. The molecule has 0 saturated heterocycles. The zero-order valence-electron chi connectivity index (χ0n) is 13.7. The number of anilines is 2. The summed E-state index contributed by atoms with van der Waals surface area (Å²) in [6.07, 6.45) is 3.53. The van der Waals surface area contributed by atoms with E-state index in [4.69, 9.17) is 5.73 Å². The lowest BCUT2D eigenvalue weighted by Crippen LogP contribution is -2.36. The molecule has 2 aromatic heterocycles. The van der Waals surface area contributed by atoms with Crippen LogP contribution in [0.1, 0.15) is 34.2 Å². The van der Waals surface area contributed by atoms with Gasteiger partial charge >= 0.3 is 0 Å². The minimum atomic E-state index is 0.645. The van der Waals surface area contributed by atoms with Gasteiger partial charge < -0.3 is 10.6 Å². The van der Waals surface area contributed by atoms with Gasteiger partial charge in [0, 0.05) is 36.5 Å². The monoisotopic (exact) mass is 340 g/mol.